The predicted octanol–water partition coefficient (Wildman–Crippen LogP) is 3.99. The van der Waals surface area contributed by atoms with Crippen molar-refractivity contribution in [2.75, 3.05) is 0 Å². The second kappa shape index (κ2) is 6.44. The molecule has 0 atom stereocenters. The Kier molecular flexibility index (Phi) is 4.20. The number of hydrogen-bond acceptors (Lipinski definition) is 3. The summed E-state index contributed by atoms with van der Waals surface area (Å²) in [6, 6.07) is 19.8. The van der Waals surface area contributed by atoms with Gasteiger partial charge < -0.3 is 15.3 Å². The molecule has 0 unspecified atom stereocenters. The fourth-order valence-corrected chi connectivity index (χ4v) is 2.66. The highest BCUT2D eigenvalue weighted by Gasteiger charge is 2.06. The van der Waals surface area contributed by atoms with Gasteiger partial charge in [-0.1, -0.05) is 36.4 Å². The molecule has 0 aliphatic rings. The molecule has 0 fully saturated rings. The van der Waals surface area contributed by atoms with Gasteiger partial charge in [0.25, 0.3) is 0 Å². The summed E-state index contributed by atoms with van der Waals surface area (Å²) in [7, 11) is 0. The van der Waals surface area contributed by atoms with E-state index in [9.17, 15) is 15.3 Å². The summed E-state index contributed by atoms with van der Waals surface area (Å²) in [5, 5.41) is 29.3. The zero-order chi connectivity index (χ0) is 16.2. The Labute approximate surface area is 135 Å². The van der Waals surface area contributed by atoms with E-state index in [0.717, 1.165) is 22.3 Å². The van der Waals surface area contributed by atoms with Gasteiger partial charge in [-0.15, -0.1) is 0 Å². The van der Waals surface area contributed by atoms with Crippen LogP contribution in [0, 0.1) is 0 Å². The summed E-state index contributed by atoms with van der Waals surface area (Å²) in [6.45, 7) is 0. The number of rotatable bonds is 4. The SMILES string of the molecule is Oc1cccc(Cc2ccc(Cc3cccc(O)c3)c(O)c2)c1. The number of phenols is 3. The summed E-state index contributed by atoms with van der Waals surface area (Å²) in [4.78, 5) is 0. The Morgan fingerprint density at radius 2 is 1.13 bits per heavy atom. The van der Waals surface area contributed by atoms with Crippen LogP contribution in [0.15, 0.2) is 66.7 Å². The quantitative estimate of drug-likeness (QED) is 0.683. The number of phenolic OH excluding ortho intramolecular Hbond substituents is 3. The highest BCUT2D eigenvalue weighted by molar-refractivity contribution is 5.42. The Hall–Kier alpha value is -2.94. The first-order valence-corrected chi connectivity index (χ1v) is 7.47. The lowest BCUT2D eigenvalue weighted by molar-refractivity contribution is 0.467. The lowest BCUT2D eigenvalue weighted by Crippen LogP contribution is -1.92. The minimum atomic E-state index is 0.225. The van der Waals surface area contributed by atoms with Crippen LogP contribution in [0.25, 0.3) is 0 Å². The van der Waals surface area contributed by atoms with Crippen LogP contribution in [0.1, 0.15) is 22.3 Å². The maximum absolute atomic E-state index is 10.2. The summed E-state index contributed by atoms with van der Waals surface area (Å²) < 4.78 is 0. The summed E-state index contributed by atoms with van der Waals surface area (Å²) in [5.74, 6) is 0.709. The van der Waals surface area contributed by atoms with Crippen LogP contribution in [0.5, 0.6) is 17.2 Å². The van der Waals surface area contributed by atoms with Gasteiger partial charge in [-0.05, 0) is 59.0 Å². The maximum atomic E-state index is 10.2. The molecule has 3 rings (SSSR count). The molecule has 3 N–H and O–H groups in total. The zero-order valence-corrected chi connectivity index (χ0v) is 12.6. The van der Waals surface area contributed by atoms with Crippen LogP contribution in [0.4, 0.5) is 0 Å². The molecule has 0 saturated heterocycles. The minimum Gasteiger partial charge on any atom is -0.508 e. The Morgan fingerprint density at radius 3 is 1.70 bits per heavy atom. The van der Waals surface area contributed by atoms with Crippen LogP contribution in [-0.4, -0.2) is 15.3 Å². The third-order valence-electron chi connectivity index (χ3n) is 3.77. The van der Waals surface area contributed by atoms with E-state index in [4.69, 9.17) is 0 Å². The van der Waals surface area contributed by atoms with Gasteiger partial charge in [-0.2, -0.15) is 0 Å². The van der Waals surface area contributed by atoms with Crippen LogP contribution in [0.2, 0.25) is 0 Å². The van der Waals surface area contributed by atoms with E-state index in [2.05, 4.69) is 0 Å². The largest absolute Gasteiger partial charge is 0.508 e. The van der Waals surface area contributed by atoms with Crippen molar-refractivity contribution in [3.63, 3.8) is 0 Å². The average Bonchev–Trinajstić information content (AvgIpc) is 2.50. The Morgan fingerprint density at radius 1 is 0.565 bits per heavy atom. The van der Waals surface area contributed by atoms with Crippen molar-refractivity contribution < 1.29 is 15.3 Å². The molecule has 3 aromatic rings. The molecule has 0 aliphatic carbocycles. The lowest BCUT2D eigenvalue weighted by atomic mass is 9.99. The van der Waals surface area contributed by atoms with Gasteiger partial charge in [-0.25, -0.2) is 0 Å². The highest BCUT2D eigenvalue weighted by atomic mass is 16.3. The van der Waals surface area contributed by atoms with E-state index < -0.39 is 0 Å². The average molecular weight is 306 g/mol. The molecule has 0 saturated carbocycles. The van der Waals surface area contributed by atoms with Crippen molar-refractivity contribution in [1.29, 1.82) is 0 Å². The van der Waals surface area contributed by atoms with Crippen LogP contribution >= 0.6 is 0 Å². The van der Waals surface area contributed by atoms with Crippen molar-refractivity contribution in [2.24, 2.45) is 0 Å². The first-order valence-electron chi connectivity index (χ1n) is 7.47. The molecular weight excluding hydrogens is 288 g/mol. The smallest absolute Gasteiger partial charge is 0.119 e. The predicted molar refractivity (Wildman–Crippen MR) is 89.9 cm³/mol. The van der Waals surface area contributed by atoms with Crippen molar-refractivity contribution in [3.8, 4) is 17.2 Å². The Balaban J connectivity index is 1.78. The number of benzene rings is 3. The monoisotopic (exact) mass is 306 g/mol. The van der Waals surface area contributed by atoms with E-state index in [1.807, 2.05) is 24.3 Å². The molecule has 0 bridgehead atoms. The highest BCUT2D eigenvalue weighted by Crippen LogP contribution is 2.25. The third kappa shape index (κ3) is 3.83. The van der Waals surface area contributed by atoms with Gasteiger partial charge in [0, 0.05) is 6.42 Å². The second-order valence-electron chi connectivity index (χ2n) is 5.66. The molecule has 3 heteroatoms. The molecule has 23 heavy (non-hydrogen) atoms. The fourth-order valence-electron chi connectivity index (χ4n) is 2.66. The summed E-state index contributed by atoms with van der Waals surface area (Å²) in [5.41, 5.74) is 3.73. The van der Waals surface area contributed by atoms with Gasteiger partial charge in [0.05, 0.1) is 0 Å². The normalized spacial score (nSPS) is 10.6. The first kappa shape index (κ1) is 15.0. The van der Waals surface area contributed by atoms with E-state index >= 15 is 0 Å². The van der Waals surface area contributed by atoms with Crippen molar-refractivity contribution in [1.82, 2.24) is 0 Å². The zero-order valence-electron chi connectivity index (χ0n) is 12.6. The maximum Gasteiger partial charge on any atom is 0.119 e. The molecule has 0 aromatic heterocycles. The Bertz CT molecular complexity index is 825. The molecule has 3 aromatic carbocycles. The standard InChI is InChI=1S/C20H18O3/c21-18-5-1-3-14(11-18)9-16-7-8-17(20(23)13-16)10-15-4-2-6-19(22)12-15/h1-8,11-13,21-23H,9-10H2. The van der Waals surface area contributed by atoms with Crippen molar-refractivity contribution in [2.45, 2.75) is 12.8 Å². The van der Waals surface area contributed by atoms with Gasteiger partial charge in [-0.3, -0.25) is 0 Å². The van der Waals surface area contributed by atoms with E-state index in [1.54, 1.807) is 42.5 Å². The first-order chi connectivity index (χ1) is 11.1. The number of hydrogen-bond donors (Lipinski definition) is 3. The summed E-state index contributed by atoms with van der Waals surface area (Å²) in [6.07, 6.45) is 1.21. The van der Waals surface area contributed by atoms with Crippen molar-refractivity contribution in [3.05, 3.63) is 89.0 Å². The lowest BCUT2D eigenvalue weighted by Gasteiger charge is -2.08. The molecule has 116 valence electrons. The van der Waals surface area contributed by atoms with Gasteiger partial charge in [0.1, 0.15) is 17.2 Å². The van der Waals surface area contributed by atoms with Gasteiger partial charge in [0.2, 0.25) is 0 Å². The van der Waals surface area contributed by atoms with Gasteiger partial charge >= 0.3 is 0 Å². The van der Waals surface area contributed by atoms with Crippen LogP contribution in [0.3, 0.4) is 0 Å². The summed E-state index contributed by atoms with van der Waals surface area (Å²) >= 11 is 0. The van der Waals surface area contributed by atoms with E-state index in [1.165, 1.54) is 0 Å². The molecule has 0 heterocycles. The van der Waals surface area contributed by atoms with E-state index in [-0.39, 0.29) is 17.2 Å². The molecule has 0 spiro atoms. The van der Waals surface area contributed by atoms with E-state index in [0.29, 0.717) is 12.8 Å². The topological polar surface area (TPSA) is 60.7 Å². The molecule has 0 radical (unpaired) electrons. The molecule has 0 amide bonds. The second-order valence-corrected chi connectivity index (χ2v) is 5.66. The minimum absolute atomic E-state index is 0.225. The third-order valence-corrected chi connectivity index (χ3v) is 3.77. The number of aromatic hydroxyl groups is 3. The molecular formula is C20H18O3. The molecule has 3 nitrogen and oxygen atoms in total. The molecule has 0 aliphatic heterocycles. The van der Waals surface area contributed by atoms with Gasteiger partial charge in [0.15, 0.2) is 0 Å². The van der Waals surface area contributed by atoms with Crippen molar-refractivity contribution >= 4 is 0 Å². The van der Waals surface area contributed by atoms with Crippen LogP contribution in [-0.2, 0) is 12.8 Å². The fraction of sp³-hybridized carbons (Fsp3) is 0.100. The van der Waals surface area contributed by atoms with Crippen LogP contribution < -0.4 is 0 Å².